The second-order valence-corrected chi connectivity index (χ2v) is 7.06. The lowest BCUT2D eigenvalue weighted by atomic mass is 10.0. The molecule has 0 heterocycles. The Morgan fingerprint density at radius 2 is 1.96 bits per heavy atom. The number of carboxylic acid groups (broad SMARTS) is 1. The van der Waals surface area contributed by atoms with Gasteiger partial charge < -0.3 is 21.5 Å². The van der Waals surface area contributed by atoms with Crippen LogP contribution in [0, 0.1) is 0 Å². The number of nitrogens with two attached hydrogens (primary N) is 1. The summed E-state index contributed by atoms with van der Waals surface area (Å²) < 4.78 is 11.1. The summed E-state index contributed by atoms with van der Waals surface area (Å²) >= 11 is 0. The summed E-state index contributed by atoms with van der Waals surface area (Å²) in [7, 11) is -1.20. The predicted molar refractivity (Wildman–Crippen MR) is 96.2 cm³/mol. The number of carbonyl (C=O) groups excluding carboxylic acids is 3. The molecule has 2 amide bonds. The van der Waals surface area contributed by atoms with Crippen LogP contribution in [0.3, 0.4) is 0 Å². The molecule has 9 nitrogen and oxygen atoms in total. The molecule has 3 atom stereocenters. The van der Waals surface area contributed by atoms with Gasteiger partial charge in [-0.05, 0) is 18.6 Å². The highest BCUT2D eigenvalue weighted by atomic mass is 32.2. The highest BCUT2D eigenvalue weighted by molar-refractivity contribution is 7.84. The molecule has 142 valence electrons. The van der Waals surface area contributed by atoms with Gasteiger partial charge >= 0.3 is 5.97 Å². The van der Waals surface area contributed by atoms with Gasteiger partial charge in [0.2, 0.25) is 12.3 Å². The van der Waals surface area contributed by atoms with Crippen LogP contribution in [0.15, 0.2) is 24.3 Å². The lowest BCUT2D eigenvalue weighted by Gasteiger charge is -2.17. The number of hydrogen-bond donors (Lipinski definition) is 4. The van der Waals surface area contributed by atoms with Gasteiger partial charge in [-0.15, -0.1) is 0 Å². The average molecular weight is 383 g/mol. The Labute approximate surface area is 152 Å². The summed E-state index contributed by atoms with van der Waals surface area (Å²) in [6, 6.07) is 3.73. The quantitative estimate of drug-likeness (QED) is 0.296. The zero-order valence-electron chi connectivity index (χ0n) is 14.1. The van der Waals surface area contributed by atoms with E-state index in [0.717, 1.165) is 0 Å². The molecule has 1 rings (SSSR count). The van der Waals surface area contributed by atoms with E-state index in [0.29, 0.717) is 6.41 Å². The number of nitrogens with one attached hydrogen (secondary N) is 2. The van der Waals surface area contributed by atoms with Crippen LogP contribution in [0.1, 0.15) is 23.2 Å². The van der Waals surface area contributed by atoms with Crippen LogP contribution in [-0.4, -0.2) is 57.5 Å². The molecule has 1 aromatic rings. The van der Waals surface area contributed by atoms with Crippen LogP contribution < -0.4 is 16.4 Å². The SMILES string of the molecule is CS(=O)CCC(NC(=O)C(N)CC(=O)c1ccccc1NC=O)C(=O)O. The molecule has 0 saturated heterocycles. The Balaban J connectivity index is 2.73. The maximum atomic E-state index is 12.3. The van der Waals surface area contributed by atoms with Crippen LogP contribution in [-0.2, 0) is 25.2 Å². The van der Waals surface area contributed by atoms with Gasteiger partial charge in [0.15, 0.2) is 5.78 Å². The number of anilines is 1. The smallest absolute Gasteiger partial charge is 0.326 e. The topological polar surface area (TPSA) is 156 Å². The minimum Gasteiger partial charge on any atom is -0.480 e. The van der Waals surface area contributed by atoms with Crippen molar-refractivity contribution in [3.05, 3.63) is 29.8 Å². The summed E-state index contributed by atoms with van der Waals surface area (Å²) in [5.41, 5.74) is 6.19. The molecule has 1 aromatic carbocycles. The molecule has 0 saturated carbocycles. The van der Waals surface area contributed by atoms with Crippen molar-refractivity contribution in [3.63, 3.8) is 0 Å². The van der Waals surface area contributed by atoms with Crippen molar-refractivity contribution in [2.75, 3.05) is 17.3 Å². The third kappa shape index (κ3) is 6.73. The van der Waals surface area contributed by atoms with Crippen molar-refractivity contribution < 1.29 is 28.5 Å². The highest BCUT2D eigenvalue weighted by Crippen LogP contribution is 2.16. The van der Waals surface area contributed by atoms with Crippen LogP contribution in [0.5, 0.6) is 0 Å². The Bertz CT molecular complexity index is 709. The van der Waals surface area contributed by atoms with Crippen molar-refractivity contribution in [2.24, 2.45) is 5.73 Å². The summed E-state index contributed by atoms with van der Waals surface area (Å²) in [5.74, 6) is -2.44. The minimum atomic E-state index is -1.28. The standard InChI is InChI=1S/C16H21N3O6S/c1-26(25)7-6-13(16(23)24)19-15(22)11(17)8-14(21)10-4-2-3-5-12(10)18-9-20/h2-5,9,11,13H,6-8,17H2,1H3,(H,18,20)(H,19,22)(H,23,24). The third-order valence-electron chi connectivity index (χ3n) is 3.49. The molecule has 0 radical (unpaired) electrons. The van der Waals surface area contributed by atoms with Gasteiger partial charge in [-0.2, -0.15) is 0 Å². The summed E-state index contributed by atoms with van der Waals surface area (Å²) in [6.45, 7) is 0. The average Bonchev–Trinajstić information content (AvgIpc) is 2.58. The number of amides is 2. The number of ketones is 1. The van der Waals surface area contributed by atoms with E-state index < -0.39 is 40.5 Å². The number of benzene rings is 1. The fourth-order valence-electron chi connectivity index (χ4n) is 2.14. The number of para-hydroxylation sites is 1. The lowest BCUT2D eigenvalue weighted by molar-refractivity contribution is -0.142. The van der Waals surface area contributed by atoms with Crippen molar-refractivity contribution in [1.29, 1.82) is 0 Å². The van der Waals surface area contributed by atoms with Crippen molar-refractivity contribution in [1.82, 2.24) is 5.32 Å². The second kappa shape index (κ2) is 10.4. The normalized spacial score (nSPS) is 13.9. The molecular formula is C16H21N3O6S. The zero-order chi connectivity index (χ0) is 19.7. The fraction of sp³-hybridized carbons (Fsp3) is 0.375. The molecule has 26 heavy (non-hydrogen) atoms. The van der Waals surface area contributed by atoms with Crippen LogP contribution >= 0.6 is 0 Å². The molecule has 0 bridgehead atoms. The highest BCUT2D eigenvalue weighted by Gasteiger charge is 2.25. The molecule has 0 aliphatic rings. The van der Waals surface area contributed by atoms with Gasteiger partial charge in [-0.1, -0.05) is 12.1 Å². The van der Waals surface area contributed by atoms with Crippen molar-refractivity contribution >= 4 is 40.6 Å². The fourth-order valence-corrected chi connectivity index (χ4v) is 2.71. The molecule has 0 fully saturated rings. The van der Waals surface area contributed by atoms with E-state index in [1.165, 1.54) is 18.4 Å². The van der Waals surface area contributed by atoms with Crippen molar-refractivity contribution in [2.45, 2.75) is 24.9 Å². The Morgan fingerprint density at radius 1 is 1.31 bits per heavy atom. The first-order valence-electron chi connectivity index (χ1n) is 7.67. The van der Waals surface area contributed by atoms with E-state index in [2.05, 4.69) is 10.6 Å². The minimum absolute atomic E-state index is 0.0169. The molecule has 0 aromatic heterocycles. The number of rotatable bonds is 11. The van der Waals surface area contributed by atoms with E-state index in [9.17, 15) is 23.4 Å². The maximum absolute atomic E-state index is 12.3. The number of aliphatic carboxylic acids is 1. The summed E-state index contributed by atoms with van der Waals surface area (Å²) in [5, 5.41) is 13.7. The third-order valence-corrected chi connectivity index (χ3v) is 4.30. The van der Waals surface area contributed by atoms with E-state index in [1.54, 1.807) is 12.1 Å². The largest absolute Gasteiger partial charge is 0.480 e. The van der Waals surface area contributed by atoms with Gasteiger partial charge in [0, 0.05) is 34.8 Å². The predicted octanol–water partition coefficient (Wildman–Crippen LogP) is -0.507. The molecule has 3 unspecified atom stereocenters. The molecule has 0 aliphatic heterocycles. The Hall–Kier alpha value is -2.59. The molecule has 10 heteroatoms. The van der Waals surface area contributed by atoms with Gasteiger partial charge in [0.25, 0.3) is 0 Å². The summed E-state index contributed by atoms with van der Waals surface area (Å²) in [6.07, 6.45) is 1.47. The molecule has 0 aliphatic carbocycles. The van der Waals surface area contributed by atoms with Gasteiger partial charge in [-0.25, -0.2) is 4.79 Å². The van der Waals surface area contributed by atoms with Gasteiger partial charge in [-0.3, -0.25) is 18.6 Å². The van der Waals surface area contributed by atoms with Crippen molar-refractivity contribution in [3.8, 4) is 0 Å². The summed E-state index contributed by atoms with van der Waals surface area (Å²) in [4.78, 5) is 46.2. The first-order chi connectivity index (χ1) is 12.3. The molecule has 0 spiro atoms. The maximum Gasteiger partial charge on any atom is 0.326 e. The number of hydrogen-bond acceptors (Lipinski definition) is 6. The van der Waals surface area contributed by atoms with Gasteiger partial charge in [0.1, 0.15) is 6.04 Å². The van der Waals surface area contributed by atoms with E-state index in [4.69, 9.17) is 10.8 Å². The Morgan fingerprint density at radius 3 is 2.54 bits per heavy atom. The lowest BCUT2D eigenvalue weighted by Crippen LogP contribution is -2.49. The number of Topliss-reactive ketones (excluding diaryl/α,β-unsaturated/α-hetero) is 1. The van der Waals surface area contributed by atoms with Crippen LogP contribution in [0.4, 0.5) is 5.69 Å². The van der Waals surface area contributed by atoms with E-state index in [1.807, 2.05) is 0 Å². The Kier molecular flexibility index (Phi) is 8.59. The first-order valence-corrected chi connectivity index (χ1v) is 9.40. The van der Waals surface area contributed by atoms with Crippen LogP contribution in [0.2, 0.25) is 0 Å². The molecule has 5 N–H and O–H groups in total. The molecular weight excluding hydrogens is 362 g/mol. The number of carbonyl (C=O) groups is 4. The second-order valence-electron chi connectivity index (χ2n) is 5.51. The van der Waals surface area contributed by atoms with Gasteiger partial charge in [0.05, 0.1) is 11.7 Å². The monoisotopic (exact) mass is 383 g/mol. The number of carboxylic acids is 1. The van der Waals surface area contributed by atoms with E-state index in [-0.39, 0.29) is 29.8 Å². The van der Waals surface area contributed by atoms with E-state index >= 15 is 0 Å². The first kappa shape index (κ1) is 21.5. The van der Waals surface area contributed by atoms with Crippen LogP contribution in [0.25, 0.3) is 0 Å². The zero-order valence-corrected chi connectivity index (χ0v) is 15.0.